The average Bonchev–Trinajstić information content (AvgIpc) is 3.02. The first-order valence-corrected chi connectivity index (χ1v) is 7.54. The van der Waals surface area contributed by atoms with Gasteiger partial charge < -0.3 is 15.4 Å². The topological polar surface area (TPSA) is 50.4 Å². The highest BCUT2D eigenvalue weighted by Gasteiger charge is 2.13. The van der Waals surface area contributed by atoms with Gasteiger partial charge in [0.2, 0.25) is 0 Å². The Kier molecular flexibility index (Phi) is 4.28. The van der Waals surface area contributed by atoms with Gasteiger partial charge in [0.05, 0.1) is 7.11 Å². The van der Waals surface area contributed by atoms with Crippen molar-refractivity contribution in [3.05, 3.63) is 59.2 Å². The molecule has 0 radical (unpaired) electrons. The minimum Gasteiger partial charge on any atom is -0.497 e. The molecule has 0 atom stereocenters. The Labute approximate surface area is 130 Å². The van der Waals surface area contributed by atoms with Crippen LogP contribution in [0.5, 0.6) is 5.75 Å². The fourth-order valence-electron chi connectivity index (χ4n) is 2.70. The number of benzene rings is 2. The molecule has 22 heavy (non-hydrogen) atoms. The molecule has 2 aromatic carbocycles. The second-order valence-corrected chi connectivity index (χ2v) is 5.41. The largest absolute Gasteiger partial charge is 0.497 e. The Balaban J connectivity index is 1.56. The second-order valence-electron chi connectivity index (χ2n) is 5.41. The van der Waals surface area contributed by atoms with E-state index in [-0.39, 0.29) is 5.91 Å². The number of ether oxygens (including phenoxy) is 1. The zero-order valence-electron chi connectivity index (χ0n) is 12.7. The lowest BCUT2D eigenvalue weighted by atomic mass is 10.1. The number of amides is 1. The minimum atomic E-state index is -0.0161. The smallest absolute Gasteiger partial charge is 0.251 e. The Morgan fingerprint density at radius 1 is 1.27 bits per heavy atom. The highest BCUT2D eigenvalue weighted by atomic mass is 16.5. The molecule has 0 aliphatic carbocycles. The van der Waals surface area contributed by atoms with E-state index in [9.17, 15) is 4.79 Å². The highest BCUT2D eigenvalue weighted by Crippen LogP contribution is 2.22. The summed E-state index contributed by atoms with van der Waals surface area (Å²) in [6.07, 6.45) is 1.77. The van der Waals surface area contributed by atoms with E-state index in [1.165, 1.54) is 5.56 Å². The summed E-state index contributed by atoms with van der Waals surface area (Å²) >= 11 is 0. The van der Waals surface area contributed by atoms with E-state index >= 15 is 0 Å². The maximum atomic E-state index is 12.2. The molecule has 0 saturated carbocycles. The molecule has 0 saturated heterocycles. The van der Waals surface area contributed by atoms with E-state index in [0.717, 1.165) is 42.0 Å². The van der Waals surface area contributed by atoms with Crippen LogP contribution < -0.4 is 15.4 Å². The van der Waals surface area contributed by atoms with Crippen LogP contribution in [0.25, 0.3) is 0 Å². The fraction of sp³-hybridized carbons (Fsp3) is 0.278. The van der Waals surface area contributed by atoms with Crippen LogP contribution in [0.2, 0.25) is 0 Å². The van der Waals surface area contributed by atoms with Crippen LogP contribution >= 0.6 is 0 Å². The molecule has 2 aromatic rings. The third-order valence-corrected chi connectivity index (χ3v) is 3.91. The minimum absolute atomic E-state index is 0.0161. The number of methoxy groups -OCH3 is 1. The maximum Gasteiger partial charge on any atom is 0.251 e. The van der Waals surface area contributed by atoms with Gasteiger partial charge in [-0.3, -0.25) is 4.79 Å². The number of anilines is 1. The molecular formula is C18H20N2O2. The maximum absolute atomic E-state index is 12.2. The van der Waals surface area contributed by atoms with E-state index in [0.29, 0.717) is 6.54 Å². The number of rotatable bonds is 5. The molecule has 4 heteroatoms. The van der Waals surface area contributed by atoms with Crippen LogP contribution in [-0.2, 0) is 12.8 Å². The van der Waals surface area contributed by atoms with E-state index < -0.39 is 0 Å². The molecule has 2 N–H and O–H groups in total. The van der Waals surface area contributed by atoms with E-state index in [1.54, 1.807) is 7.11 Å². The number of hydrogen-bond acceptors (Lipinski definition) is 3. The van der Waals surface area contributed by atoms with E-state index in [4.69, 9.17) is 4.74 Å². The fourth-order valence-corrected chi connectivity index (χ4v) is 2.70. The van der Waals surface area contributed by atoms with Crippen molar-refractivity contribution in [3.63, 3.8) is 0 Å². The molecule has 0 spiro atoms. The summed E-state index contributed by atoms with van der Waals surface area (Å²) in [6, 6.07) is 13.8. The monoisotopic (exact) mass is 296 g/mol. The van der Waals surface area contributed by atoms with Gasteiger partial charge in [0.25, 0.3) is 5.91 Å². The van der Waals surface area contributed by atoms with Gasteiger partial charge in [0.1, 0.15) is 5.75 Å². The third-order valence-electron chi connectivity index (χ3n) is 3.91. The zero-order valence-corrected chi connectivity index (χ0v) is 12.7. The van der Waals surface area contributed by atoms with Gasteiger partial charge in [-0.15, -0.1) is 0 Å². The summed E-state index contributed by atoms with van der Waals surface area (Å²) in [6.45, 7) is 1.57. The first-order valence-electron chi connectivity index (χ1n) is 7.54. The molecule has 0 aromatic heterocycles. The zero-order chi connectivity index (χ0) is 15.4. The van der Waals surface area contributed by atoms with Crippen molar-refractivity contribution in [2.24, 2.45) is 0 Å². The first-order chi connectivity index (χ1) is 10.8. The van der Waals surface area contributed by atoms with Crippen molar-refractivity contribution in [2.75, 3.05) is 25.5 Å². The Morgan fingerprint density at radius 2 is 2.18 bits per heavy atom. The number of nitrogens with one attached hydrogen (secondary N) is 2. The first kappa shape index (κ1) is 14.4. The Bertz CT molecular complexity index is 683. The lowest BCUT2D eigenvalue weighted by Crippen LogP contribution is -2.25. The molecule has 114 valence electrons. The number of hydrogen-bond donors (Lipinski definition) is 2. The molecule has 0 bridgehead atoms. The molecule has 3 rings (SSSR count). The Hall–Kier alpha value is -2.49. The van der Waals surface area contributed by atoms with Crippen LogP contribution in [-0.4, -0.2) is 26.1 Å². The van der Waals surface area contributed by atoms with Crippen LogP contribution in [0, 0.1) is 0 Å². The van der Waals surface area contributed by atoms with Gasteiger partial charge in [-0.2, -0.15) is 0 Å². The SMILES string of the molecule is COc1cccc(CCNC(=O)c2ccc3c(c2)CCN3)c1. The molecular weight excluding hydrogens is 276 g/mol. The van der Waals surface area contributed by atoms with Gasteiger partial charge in [0, 0.05) is 24.3 Å². The van der Waals surface area contributed by atoms with Crippen LogP contribution in [0.15, 0.2) is 42.5 Å². The molecule has 1 aliphatic heterocycles. The third kappa shape index (κ3) is 3.22. The predicted molar refractivity (Wildman–Crippen MR) is 87.7 cm³/mol. The summed E-state index contributed by atoms with van der Waals surface area (Å²) in [5.74, 6) is 0.826. The summed E-state index contributed by atoms with van der Waals surface area (Å²) < 4.78 is 5.20. The van der Waals surface area contributed by atoms with Gasteiger partial charge in [-0.05, 0) is 54.3 Å². The molecule has 1 aliphatic rings. The summed E-state index contributed by atoms with van der Waals surface area (Å²) in [7, 11) is 1.66. The van der Waals surface area contributed by atoms with Crippen LogP contribution in [0.4, 0.5) is 5.69 Å². The summed E-state index contributed by atoms with van der Waals surface area (Å²) in [5, 5.41) is 6.27. The normalized spacial score (nSPS) is 12.4. The van der Waals surface area contributed by atoms with Crippen LogP contribution in [0.1, 0.15) is 21.5 Å². The van der Waals surface area contributed by atoms with E-state index in [2.05, 4.69) is 10.6 Å². The van der Waals surface area contributed by atoms with Crippen molar-refractivity contribution in [1.29, 1.82) is 0 Å². The quantitative estimate of drug-likeness (QED) is 0.892. The molecule has 4 nitrogen and oxygen atoms in total. The lowest BCUT2D eigenvalue weighted by molar-refractivity contribution is 0.0954. The van der Waals surface area contributed by atoms with Crippen molar-refractivity contribution < 1.29 is 9.53 Å². The highest BCUT2D eigenvalue weighted by molar-refractivity contribution is 5.95. The van der Waals surface area contributed by atoms with E-state index in [1.807, 2.05) is 42.5 Å². The Morgan fingerprint density at radius 3 is 3.05 bits per heavy atom. The number of carbonyl (C=O) groups is 1. The predicted octanol–water partition coefficient (Wildman–Crippen LogP) is 2.64. The standard InChI is InChI=1S/C18H20N2O2/c1-22-16-4-2-3-13(11-16)7-9-20-18(21)15-5-6-17-14(12-15)8-10-19-17/h2-6,11-12,19H,7-10H2,1H3,(H,20,21). The van der Waals surface area contributed by atoms with Gasteiger partial charge in [-0.1, -0.05) is 12.1 Å². The van der Waals surface area contributed by atoms with Crippen molar-refractivity contribution in [2.45, 2.75) is 12.8 Å². The number of carbonyl (C=O) groups excluding carboxylic acids is 1. The average molecular weight is 296 g/mol. The summed E-state index contributed by atoms with van der Waals surface area (Å²) in [5.41, 5.74) is 4.25. The number of fused-ring (bicyclic) bond motifs is 1. The molecule has 0 fully saturated rings. The van der Waals surface area contributed by atoms with Crippen molar-refractivity contribution in [3.8, 4) is 5.75 Å². The second kappa shape index (κ2) is 6.52. The molecule has 0 unspecified atom stereocenters. The van der Waals surface area contributed by atoms with Gasteiger partial charge >= 0.3 is 0 Å². The van der Waals surface area contributed by atoms with Crippen LogP contribution in [0.3, 0.4) is 0 Å². The van der Waals surface area contributed by atoms with Crippen molar-refractivity contribution in [1.82, 2.24) is 5.32 Å². The summed E-state index contributed by atoms with van der Waals surface area (Å²) in [4.78, 5) is 12.2. The molecule has 1 amide bonds. The van der Waals surface area contributed by atoms with Gasteiger partial charge in [0.15, 0.2) is 0 Å². The molecule has 1 heterocycles. The van der Waals surface area contributed by atoms with Gasteiger partial charge in [-0.25, -0.2) is 0 Å². The lowest BCUT2D eigenvalue weighted by Gasteiger charge is -2.08. The van der Waals surface area contributed by atoms with Crippen molar-refractivity contribution >= 4 is 11.6 Å².